The molecule has 3 heterocycles. The Balaban J connectivity index is 1.52. The van der Waals surface area contributed by atoms with Crippen LogP contribution in [-0.4, -0.2) is 51.2 Å². The summed E-state index contributed by atoms with van der Waals surface area (Å²) in [5.41, 5.74) is 0.178. The number of urea groups is 1. The standard InChI is InChI=1S/C17H28N6O2/c1-3-8-23-12-19-21-15(23)13(2)20-16(25)22-9-6-17(7-10-22)5-4-14(24)18-11-17/h12-13H,3-11H2,1-2H3,(H,18,24)(H,20,25)/t13-/m0/s1. The summed E-state index contributed by atoms with van der Waals surface area (Å²) in [6.45, 7) is 7.10. The quantitative estimate of drug-likeness (QED) is 0.861. The van der Waals surface area contributed by atoms with Gasteiger partial charge in [-0.25, -0.2) is 4.79 Å². The van der Waals surface area contributed by atoms with Gasteiger partial charge in [-0.15, -0.1) is 10.2 Å². The van der Waals surface area contributed by atoms with E-state index in [4.69, 9.17) is 0 Å². The van der Waals surface area contributed by atoms with Crippen LogP contribution in [0.1, 0.15) is 57.8 Å². The smallest absolute Gasteiger partial charge is 0.317 e. The first-order chi connectivity index (χ1) is 12.0. The maximum Gasteiger partial charge on any atom is 0.317 e. The van der Waals surface area contributed by atoms with Gasteiger partial charge < -0.3 is 20.1 Å². The van der Waals surface area contributed by atoms with Gasteiger partial charge in [0.2, 0.25) is 5.91 Å². The SMILES string of the molecule is CCCn1cnnc1[C@H](C)NC(=O)N1CCC2(CCC(=O)NC2)CC1. The number of amides is 3. The summed E-state index contributed by atoms with van der Waals surface area (Å²) in [4.78, 5) is 25.8. The third kappa shape index (κ3) is 3.93. The molecule has 0 aliphatic carbocycles. The van der Waals surface area contributed by atoms with Crippen molar-refractivity contribution >= 4 is 11.9 Å². The van der Waals surface area contributed by atoms with E-state index >= 15 is 0 Å². The molecular weight excluding hydrogens is 320 g/mol. The zero-order valence-electron chi connectivity index (χ0n) is 15.1. The second-order valence-electron chi connectivity index (χ2n) is 7.32. The predicted octanol–water partition coefficient (Wildman–Crippen LogP) is 1.45. The lowest BCUT2D eigenvalue weighted by atomic mass is 9.73. The Morgan fingerprint density at radius 1 is 1.40 bits per heavy atom. The van der Waals surface area contributed by atoms with Crippen LogP contribution in [0.4, 0.5) is 4.79 Å². The number of aromatic nitrogens is 3. The highest BCUT2D eigenvalue weighted by atomic mass is 16.2. The minimum atomic E-state index is -0.175. The highest BCUT2D eigenvalue weighted by molar-refractivity contribution is 5.77. The maximum absolute atomic E-state index is 12.6. The van der Waals surface area contributed by atoms with Crippen molar-refractivity contribution < 1.29 is 9.59 Å². The van der Waals surface area contributed by atoms with Gasteiger partial charge >= 0.3 is 6.03 Å². The molecule has 3 rings (SSSR count). The molecule has 1 aromatic heterocycles. The molecule has 25 heavy (non-hydrogen) atoms. The van der Waals surface area contributed by atoms with Crippen molar-refractivity contribution in [2.75, 3.05) is 19.6 Å². The van der Waals surface area contributed by atoms with Crippen LogP contribution in [0.3, 0.4) is 0 Å². The Labute approximate surface area is 148 Å². The minimum absolute atomic E-state index is 0.0479. The van der Waals surface area contributed by atoms with Gasteiger partial charge in [-0.1, -0.05) is 6.92 Å². The van der Waals surface area contributed by atoms with Gasteiger partial charge in [-0.2, -0.15) is 0 Å². The number of carbonyl (C=O) groups is 2. The highest BCUT2D eigenvalue weighted by Crippen LogP contribution is 2.37. The fourth-order valence-electron chi connectivity index (χ4n) is 3.81. The van der Waals surface area contributed by atoms with Crippen LogP contribution in [0, 0.1) is 5.41 Å². The summed E-state index contributed by atoms with van der Waals surface area (Å²) in [6, 6.07) is -0.223. The molecule has 2 saturated heterocycles. The van der Waals surface area contributed by atoms with Gasteiger partial charge in [0.15, 0.2) is 5.82 Å². The molecule has 0 aromatic carbocycles. The van der Waals surface area contributed by atoms with E-state index in [9.17, 15) is 9.59 Å². The molecule has 138 valence electrons. The molecule has 8 heteroatoms. The second kappa shape index (κ2) is 7.41. The van der Waals surface area contributed by atoms with Crippen molar-refractivity contribution in [3.8, 4) is 0 Å². The second-order valence-corrected chi connectivity index (χ2v) is 7.32. The molecule has 2 fully saturated rings. The van der Waals surface area contributed by atoms with Gasteiger partial charge in [-0.3, -0.25) is 4.79 Å². The molecule has 1 aromatic rings. The van der Waals surface area contributed by atoms with Gasteiger partial charge in [0.1, 0.15) is 6.33 Å². The predicted molar refractivity (Wildman–Crippen MR) is 92.7 cm³/mol. The lowest BCUT2D eigenvalue weighted by Gasteiger charge is -2.44. The first kappa shape index (κ1) is 17.7. The maximum atomic E-state index is 12.6. The number of rotatable bonds is 4. The van der Waals surface area contributed by atoms with Crippen LogP contribution in [0.2, 0.25) is 0 Å². The van der Waals surface area contributed by atoms with E-state index in [-0.39, 0.29) is 23.4 Å². The number of carbonyl (C=O) groups excluding carboxylic acids is 2. The topological polar surface area (TPSA) is 92.2 Å². The van der Waals surface area contributed by atoms with E-state index in [2.05, 4.69) is 27.8 Å². The fourth-order valence-corrected chi connectivity index (χ4v) is 3.81. The summed E-state index contributed by atoms with van der Waals surface area (Å²) >= 11 is 0. The molecule has 0 unspecified atom stereocenters. The molecule has 1 spiro atoms. The number of hydrogen-bond donors (Lipinski definition) is 2. The van der Waals surface area contributed by atoms with Crippen molar-refractivity contribution in [3.63, 3.8) is 0 Å². The van der Waals surface area contributed by atoms with Crippen molar-refractivity contribution in [3.05, 3.63) is 12.2 Å². The Morgan fingerprint density at radius 2 is 2.16 bits per heavy atom. The van der Waals surface area contributed by atoms with E-state index in [1.165, 1.54) is 0 Å². The van der Waals surface area contributed by atoms with Crippen molar-refractivity contribution in [1.29, 1.82) is 0 Å². The zero-order chi connectivity index (χ0) is 17.9. The lowest BCUT2D eigenvalue weighted by Crippen LogP contribution is -2.52. The van der Waals surface area contributed by atoms with Crippen LogP contribution in [0.15, 0.2) is 6.33 Å². The number of nitrogens with zero attached hydrogens (tertiary/aromatic N) is 4. The van der Waals surface area contributed by atoms with Crippen molar-refractivity contribution in [2.45, 2.75) is 58.5 Å². The average molecular weight is 348 g/mol. The third-order valence-corrected chi connectivity index (χ3v) is 5.49. The molecular formula is C17H28N6O2. The number of likely N-dealkylation sites (tertiary alicyclic amines) is 1. The molecule has 8 nitrogen and oxygen atoms in total. The zero-order valence-corrected chi connectivity index (χ0v) is 15.1. The number of hydrogen-bond acceptors (Lipinski definition) is 4. The summed E-state index contributed by atoms with van der Waals surface area (Å²) in [7, 11) is 0. The largest absolute Gasteiger partial charge is 0.356 e. The molecule has 2 N–H and O–H groups in total. The first-order valence-electron chi connectivity index (χ1n) is 9.23. The van der Waals surface area contributed by atoms with E-state index in [0.29, 0.717) is 6.42 Å². The van der Waals surface area contributed by atoms with Gasteiger partial charge in [0.05, 0.1) is 6.04 Å². The Hall–Kier alpha value is -2.12. The minimum Gasteiger partial charge on any atom is -0.356 e. The summed E-state index contributed by atoms with van der Waals surface area (Å²) in [6.07, 6.45) is 6.14. The number of aryl methyl sites for hydroxylation is 1. The van der Waals surface area contributed by atoms with E-state index < -0.39 is 0 Å². The number of piperidine rings is 2. The van der Waals surface area contributed by atoms with Crippen LogP contribution >= 0.6 is 0 Å². The lowest BCUT2D eigenvalue weighted by molar-refractivity contribution is -0.125. The molecule has 3 amide bonds. The van der Waals surface area contributed by atoms with Crippen molar-refractivity contribution in [1.82, 2.24) is 30.3 Å². The molecule has 2 aliphatic rings. The monoisotopic (exact) mass is 348 g/mol. The van der Waals surface area contributed by atoms with E-state index in [0.717, 1.165) is 57.7 Å². The highest BCUT2D eigenvalue weighted by Gasteiger charge is 2.38. The Kier molecular flexibility index (Phi) is 5.24. The van der Waals surface area contributed by atoms with Gasteiger partial charge in [0.25, 0.3) is 0 Å². The molecule has 0 saturated carbocycles. The summed E-state index contributed by atoms with van der Waals surface area (Å²) in [5.74, 6) is 0.939. The first-order valence-corrected chi connectivity index (χ1v) is 9.23. The van der Waals surface area contributed by atoms with Crippen molar-refractivity contribution in [2.24, 2.45) is 5.41 Å². The van der Waals surface area contributed by atoms with Crippen LogP contribution in [-0.2, 0) is 11.3 Å². The van der Waals surface area contributed by atoms with Crippen LogP contribution in [0.25, 0.3) is 0 Å². The normalized spacial score (nSPS) is 21.0. The summed E-state index contributed by atoms with van der Waals surface area (Å²) in [5, 5.41) is 14.1. The molecule has 0 bridgehead atoms. The van der Waals surface area contributed by atoms with E-state index in [1.807, 2.05) is 16.4 Å². The van der Waals surface area contributed by atoms with Crippen LogP contribution in [0.5, 0.6) is 0 Å². The Morgan fingerprint density at radius 3 is 2.80 bits per heavy atom. The van der Waals surface area contributed by atoms with Gasteiger partial charge in [-0.05, 0) is 38.0 Å². The average Bonchev–Trinajstić information content (AvgIpc) is 3.07. The van der Waals surface area contributed by atoms with Gasteiger partial charge in [0, 0.05) is 32.6 Å². The fraction of sp³-hybridized carbons (Fsp3) is 0.765. The Bertz CT molecular complexity index is 608. The third-order valence-electron chi connectivity index (χ3n) is 5.49. The van der Waals surface area contributed by atoms with Crippen LogP contribution < -0.4 is 10.6 Å². The van der Waals surface area contributed by atoms with E-state index in [1.54, 1.807) is 6.33 Å². The molecule has 1 atom stereocenters. The molecule has 0 radical (unpaired) electrons. The number of nitrogens with one attached hydrogen (secondary N) is 2. The summed E-state index contributed by atoms with van der Waals surface area (Å²) < 4.78 is 1.99. The molecule has 2 aliphatic heterocycles.